The Hall–Kier alpha value is -3.23. The summed E-state index contributed by atoms with van der Waals surface area (Å²) in [6, 6.07) is 5.31. The molecule has 0 spiro atoms. The summed E-state index contributed by atoms with van der Waals surface area (Å²) in [5, 5.41) is 9.83. The molecule has 1 aliphatic heterocycles. The lowest BCUT2D eigenvalue weighted by Gasteiger charge is -2.18. The number of nitrogens with one attached hydrogen (secondary N) is 2. The van der Waals surface area contributed by atoms with Crippen molar-refractivity contribution in [3.63, 3.8) is 0 Å². The Morgan fingerprint density at radius 3 is 2.68 bits per heavy atom. The van der Waals surface area contributed by atoms with Crippen LogP contribution >= 0.6 is 0 Å². The van der Waals surface area contributed by atoms with Crippen LogP contribution in [0.5, 0.6) is 0 Å². The Bertz CT molecular complexity index is 957. The van der Waals surface area contributed by atoms with Crippen molar-refractivity contribution < 1.29 is 13.6 Å². The number of fused-ring (bicyclic) bond motifs is 1. The number of carbonyl (C=O) groups excluding carboxylic acids is 1. The molecule has 2 N–H and O–H groups in total. The molecular formula is C16H14F2N6O. The second-order valence-electron chi connectivity index (χ2n) is 5.64. The van der Waals surface area contributed by atoms with Crippen LogP contribution in [-0.2, 0) is 13.6 Å². The first kappa shape index (κ1) is 15.3. The number of aryl methyl sites for hydroxylation is 1. The lowest BCUT2D eigenvalue weighted by atomic mass is 10.2. The third kappa shape index (κ3) is 2.53. The Morgan fingerprint density at radius 1 is 1.24 bits per heavy atom. The highest BCUT2D eigenvalue weighted by atomic mass is 19.1. The maximum absolute atomic E-state index is 14.2. The highest BCUT2D eigenvalue weighted by molar-refractivity contribution is 5.99. The number of rotatable bonds is 3. The predicted octanol–water partition coefficient (Wildman–Crippen LogP) is 2.05. The molecule has 0 aliphatic carbocycles. The largest absolute Gasteiger partial charge is 0.349 e. The first-order valence-corrected chi connectivity index (χ1v) is 7.64. The summed E-state index contributed by atoms with van der Waals surface area (Å²) < 4.78 is 31.5. The maximum Gasteiger partial charge on any atom is 0.271 e. The molecule has 1 aliphatic rings. The summed E-state index contributed by atoms with van der Waals surface area (Å²) in [6.07, 6.45) is 1.72. The van der Waals surface area contributed by atoms with Gasteiger partial charge in [-0.3, -0.25) is 9.48 Å². The maximum atomic E-state index is 14.2. The van der Waals surface area contributed by atoms with Crippen LogP contribution in [0.1, 0.15) is 10.5 Å². The minimum atomic E-state index is -0.733. The molecule has 0 saturated heterocycles. The van der Waals surface area contributed by atoms with E-state index in [1.54, 1.807) is 24.0 Å². The Morgan fingerprint density at radius 2 is 2.00 bits per heavy atom. The van der Waals surface area contributed by atoms with Gasteiger partial charge >= 0.3 is 0 Å². The average Bonchev–Trinajstić information content (AvgIpc) is 3.13. The highest BCUT2D eigenvalue weighted by Gasteiger charge is 2.29. The molecule has 0 radical (unpaired) electrons. The van der Waals surface area contributed by atoms with E-state index in [0.29, 0.717) is 18.9 Å². The standard InChI is InChI=1S/C16H14F2N6O/c1-23-7-5-11(22-23)20-14-13-16(25)19-6-8-24(13)15(21-14)12-9(17)3-2-4-10(12)18/h2-5,7H,6,8H2,1H3,(H,19,25)(H,20,22). The minimum absolute atomic E-state index is 0.0684. The first-order chi connectivity index (χ1) is 12.0. The molecule has 0 fully saturated rings. The third-order valence-electron chi connectivity index (χ3n) is 3.95. The second-order valence-corrected chi connectivity index (χ2v) is 5.64. The fraction of sp³-hybridized carbons (Fsp3) is 0.188. The van der Waals surface area contributed by atoms with Crippen molar-refractivity contribution >= 4 is 17.5 Å². The van der Waals surface area contributed by atoms with Gasteiger partial charge in [0.15, 0.2) is 17.3 Å². The number of aromatic nitrogens is 4. The van der Waals surface area contributed by atoms with Gasteiger partial charge in [-0.2, -0.15) is 5.10 Å². The van der Waals surface area contributed by atoms with Crippen LogP contribution in [0.3, 0.4) is 0 Å². The van der Waals surface area contributed by atoms with Crippen molar-refractivity contribution in [3.8, 4) is 11.4 Å². The van der Waals surface area contributed by atoms with E-state index in [-0.39, 0.29) is 28.8 Å². The molecule has 0 bridgehead atoms. The summed E-state index contributed by atoms with van der Waals surface area (Å²) in [6.45, 7) is 0.718. The zero-order valence-electron chi connectivity index (χ0n) is 13.3. The minimum Gasteiger partial charge on any atom is -0.349 e. The second kappa shape index (κ2) is 5.69. The van der Waals surface area contributed by atoms with Crippen LogP contribution in [0.2, 0.25) is 0 Å². The number of hydrogen-bond acceptors (Lipinski definition) is 4. The Kier molecular flexibility index (Phi) is 3.48. The van der Waals surface area contributed by atoms with E-state index in [2.05, 4.69) is 20.7 Å². The topological polar surface area (TPSA) is 76.8 Å². The molecule has 7 nitrogen and oxygen atoms in total. The van der Waals surface area contributed by atoms with Crippen LogP contribution in [0.15, 0.2) is 30.5 Å². The van der Waals surface area contributed by atoms with Crippen molar-refractivity contribution in [1.82, 2.24) is 24.6 Å². The molecule has 1 amide bonds. The summed E-state index contributed by atoms with van der Waals surface area (Å²) in [5.41, 5.74) is -0.0397. The van der Waals surface area contributed by atoms with Gasteiger partial charge in [-0.1, -0.05) is 6.07 Å². The van der Waals surface area contributed by atoms with Crippen molar-refractivity contribution in [3.05, 3.63) is 47.8 Å². The Labute approximate surface area is 141 Å². The van der Waals surface area contributed by atoms with Gasteiger partial charge in [-0.05, 0) is 12.1 Å². The number of nitrogens with zero attached hydrogens (tertiary/aromatic N) is 4. The summed E-state index contributed by atoms with van der Waals surface area (Å²) in [5.74, 6) is -1.08. The van der Waals surface area contributed by atoms with Crippen molar-refractivity contribution in [2.45, 2.75) is 6.54 Å². The molecule has 1 aromatic carbocycles. The Balaban J connectivity index is 1.89. The number of benzene rings is 1. The molecule has 9 heteroatoms. The number of halogens is 2. The van der Waals surface area contributed by atoms with Gasteiger partial charge in [0.2, 0.25) is 0 Å². The average molecular weight is 344 g/mol. The number of imidazole rings is 1. The normalized spacial score (nSPS) is 13.5. The molecule has 4 rings (SSSR count). The monoisotopic (exact) mass is 344 g/mol. The predicted molar refractivity (Wildman–Crippen MR) is 86.4 cm³/mol. The molecule has 25 heavy (non-hydrogen) atoms. The molecule has 3 aromatic rings. The van der Waals surface area contributed by atoms with Gasteiger partial charge in [0.25, 0.3) is 5.91 Å². The van der Waals surface area contributed by atoms with E-state index < -0.39 is 11.6 Å². The summed E-state index contributed by atoms with van der Waals surface area (Å²) in [7, 11) is 1.75. The quantitative estimate of drug-likeness (QED) is 0.762. The lowest BCUT2D eigenvalue weighted by molar-refractivity contribution is 0.0929. The molecule has 0 atom stereocenters. The van der Waals surface area contributed by atoms with Crippen molar-refractivity contribution in [1.29, 1.82) is 0 Å². The molecular weight excluding hydrogens is 330 g/mol. The van der Waals surface area contributed by atoms with E-state index in [9.17, 15) is 13.6 Å². The smallest absolute Gasteiger partial charge is 0.271 e. The van der Waals surface area contributed by atoms with E-state index in [1.807, 2.05) is 0 Å². The molecule has 128 valence electrons. The van der Waals surface area contributed by atoms with Crippen LogP contribution < -0.4 is 10.6 Å². The van der Waals surface area contributed by atoms with Gasteiger partial charge in [-0.15, -0.1) is 0 Å². The zero-order chi connectivity index (χ0) is 17.6. The summed E-state index contributed by atoms with van der Waals surface area (Å²) in [4.78, 5) is 16.6. The first-order valence-electron chi connectivity index (χ1n) is 7.64. The van der Waals surface area contributed by atoms with E-state index >= 15 is 0 Å². The number of anilines is 2. The van der Waals surface area contributed by atoms with Crippen LogP contribution in [0.25, 0.3) is 11.4 Å². The SMILES string of the molecule is Cn1ccc(Nc2nc(-c3c(F)cccc3F)n3c2C(=O)NCC3)n1. The van der Waals surface area contributed by atoms with Gasteiger partial charge in [0.1, 0.15) is 17.5 Å². The fourth-order valence-corrected chi connectivity index (χ4v) is 2.86. The molecule has 0 unspecified atom stereocenters. The summed E-state index contributed by atoms with van der Waals surface area (Å²) >= 11 is 0. The fourth-order valence-electron chi connectivity index (χ4n) is 2.86. The van der Waals surface area contributed by atoms with Crippen molar-refractivity contribution in [2.24, 2.45) is 7.05 Å². The lowest BCUT2D eigenvalue weighted by Crippen LogP contribution is -2.35. The number of amides is 1. The van der Waals surface area contributed by atoms with Gasteiger partial charge in [-0.25, -0.2) is 13.8 Å². The number of hydrogen-bond donors (Lipinski definition) is 2. The van der Waals surface area contributed by atoms with Crippen LogP contribution in [-0.4, -0.2) is 31.8 Å². The number of carbonyl (C=O) groups is 1. The van der Waals surface area contributed by atoms with Crippen LogP contribution in [0, 0.1) is 11.6 Å². The van der Waals surface area contributed by atoms with E-state index in [1.165, 1.54) is 10.6 Å². The van der Waals surface area contributed by atoms with Crippen LogP contribution in [0.4, 0.5) is 20.4 Å². The molecule has 2 aromatic heterocycles. The van der Waals surface area contributed by atoms with E-state index in [0.717, 1.165) is 12.1 Å². The van der Waals surface area contributed by atoms with Gasteiger partial charge < -0.3 is 15.2 Å². The zero-order valence-corrected chi connectivity index (χ0v) is 13.3. The highest BCUT2D eigenvalue weighted by Crippen LogP contribution is 2.31. The van der Waals surface area contributed by atoms with Gasteiger partial charge in [0.05, 0.1) is 5.56 Å². The van der Waals surface area contributed by atoms with E-state index in [4.69, 9.17) is 0 Å². The third-order valence-corrected chi connectivity index (χ3v) is 3.95. The van der Waals surface area contributed by atoms with Gasteiger partial charge in [0, 0.05) is 32.4 Å². The van der Waals surface area contributed by atoms with Crippen molar-refractivity contribution in [2.75, 3.05) is 11.9 Å². The molecule has 3 heterocycles. The molecule has 0 saturated carbocycles.